The maximum Gasteiger partial charge on any atom is 0.278 e. The average Bonchev–Trinajstić information content (AvgIpc) is 3.09. The Morgan fingerprint density at radius 3 is 2.62 bits per heavy atom. The number of halogens is 1. The summed E-state index contributed by atoms with van der Waals surface area (Å²) in [5.74, 6) is -0.390. The Labute approximate surface area is 207 Å². The van der Waals surface area contributed by atoms with Crippen molar-refractivity contribution in [1.82, 2.24) is 15.0 Å². The van der Waals surface area contributed by atoms with Gasteiger partial charge in [0.1, 0.15) is 11.6 Å². The predicted molar refractivity (Wildman–Crippen MR) is 133 cm³/mol. The van der Waals surface area contributed by atoms with Crippen LogP contribution in [0.25, 0.3) is 5.69 Å². The number of nitriles is 1. The maximum atomic E-state index is 12.3. The number of methoxy groups -OCH3 is 1. The third-order valence-corrected chi connectivity index (χ3v) is 6.32. The van der Waals surface area contributed by atoms with E-state index in [4.69, 9.17) is 9.47 Å². The SMILES string of the molecule is COCc1c(Br)c(C)nc(OCC(=O)N/N=C\c2cc(C)n(-c3ccc(C)cc3)c2C)c1C#N. The van der Waals surface area contributed by atoms with Crippen molar-refractivity contribution in [2.45, 2.75) is 34.3 Å². The Hall–Kier alpha value is -3.48. The number of pyridine rings is 1. The van der Waals surface area contributed by atoms with Crippen LogP contribution in [-0.4, -0.2) is 35.4 Å². The first-order valence-electron chi connectivity index (χ1n) is 10.6. The molecule has 3 aromatic rings. The van der Waals surface area contributed by atoms with Crippen molar-refractivity contribution in [2.24, 2.45) is 5.10 Å². The van der Waals surface area contributed by atoms with Crippen molar-refractivity contribution in [1.29, 1.82) is 5.26 Å². The van der Waals surface area contributed by atoms with Crippen molar-refractivity contribution in [2.75, 3.05) is 13.7 Å². The lowest BCUT2D eigenvalue weighted by Crippen LogP contribution is -2.25. The fraction of sp³-hybridized carbons (Fsp3) is 0.280. The van der Waals surface area contributed by atoms with Gasteiger partial charge in [-0.1, -0.05) is 17.7 Å². The number of benzene rings is 1. The van der Waals surface area contributed by atoms with E-state index in [-0.39, 0.29) is 24.7 Å². The number of aryl methyl sites for hydroxylation is 3. The number of ether oxygens (including phenoxy) is 2. The molecule has 1 aromatic carbocycles. The summed E-state index contributed by atoms with van der Waals surface area (Å²) in [4.78, 5) is 16.6. The van der Waals surface area contributed by atoms with Crippen LogP contribution in [0.4, 0.5) is 0 Å². The molecule has 9 heteroatoms. The number of hydrogen-bond acceptors (Lipinski definition) is 6. The van der Waals surface area contributed by atoms with Crippen molar-refractivity contribution in [3.05, 3.63) is 74.1 Å². The normalized spacial score (nSPS) is 11.0. The number of nitrogens with zero attached hydrogens (tertiary/aromatic N) is 4. The lowest BCUT2D eigenvalue weighted by atomic mass is 10.1. The molecule has 3 rings (SSSR count). The molecule has 2 aromatic heterocycles. The molecule has 0 saturated carbocycles. The molecule has 0 atom stereocenters. The molecule has 0 saturated heterocycles. The third kappa shape index (κ3) is 5.53. The van der Waals surface area contributed by atoms with E-state index in [0.717, 1.165) is 22.6 Å². The Morgan fingerprint density at radius 1 is 1.26 bits per heavy atom. The van der Waals surface area contributed by atoms with Crippen molar-refractivity contribution in [3.8, 4) is 17.6 Å². The zero-order chi connectivity index (χ0) is 24.8. The highest BCUT2D eigenvalue weighted by Crippen LogP contribution is 2.30. The van der Waals surface area contributed by atoms with Gasteiger partial charge in [0.25, 0.3) is 5.91 Å². The molecule has 0 unspecified atom stereocenters. The second-order valence-corrected chi connectivity index (χ2v) is 8.59. The first kappa shape index (κ1) is 25.1. The zero-order valence-corrected chi connectivity index (χ0v) is 21.4. The summed E-state index contributed by atoms with van der Waals surface area (Å²) in [6.07, 6.45) is 1.60. The van der Waals surface area contributed by atoms with E-state index < -0.39 is 5.91 Å². The Bertz CT molecular complexity index is 1270. The molecular weight excluding hydrogens is 498 g/mol. The second-order valence-electron chi connectivity index (χ2n) is 7.79. The van der Waals surface area contributed by atoms with Crippen molar-refractivity contribution in [3.63, 3.8) is 0 Å². The molecule has 0 spiro atoms. The minimum absolute atomic E-state index is 0.0797. The quantitative estimate of drug-likeness (QED) is 0.348. The molecule has 1 N–H and O–H groups in total. The zero-order valence-electron chi connectivity index (χ0n) is 19.8. The Kier molecular flexibility index (Phi) is 8.21. The molecule has 34 heavy (non-hydrogen) atoms. The van der Waals surface area contributed by atoms with Gasteiger partial charge in [-0.25, -0.2) is 10.4 Å². The molecule has 0 aliphatic heterocycles. The van der Waals surface area contributed by atoms with Gasteiger partial charge >= 0.3 is 0 Å². The second kappa shape index (κ2) is 11.1. The number of carbonyl (C=O) groups is 1. The van der Waals surface area contributed by atoms with Gasteiger partial charge in [-0.15, -0.1) is 0 Å². The number of aromatic nitrogens is 2. The first-order valence-corrected chi connectivity index (χ1v) is 11.3. The molecule has 0 aliphatic carbocycles. The van der Waals surface area contributed by atoms with E-state index in [9.17, 15) is 10.1 Å². The molecule has 1 amide bonds. The summed E-state index contributed by atoms with van der Waals surface area (Å²) in [6, 6.07) is 12.4. The van der Waals surface area contributed by atoms with E-state index in [0.29, 0.717) is 15.7 Å². The van der Waals surface area contributed by atoms with Crippen LogP contribution in [0.1, 0.15) is 39.3 Å². The van der Waals surface area contributed by atoms with Crippen LogP contribution in [0.5, 0.6) is 5.88 Å². The fourth-order valence-corrected chi connectivity index (χ4v) is 3.96. The lowest BCUT2D eigenvalue weighted by molar-refractivity contribution is -0.123. The topological polar surface area (TPSA) is 102 Å². The summed E-state index contributed by atoms with van der Waals surface area (Å²) in [5.41, 5.74) is 9.15. The van der Waals surface area contributed by atoms with Crippen LogP contribution in [-0.2, 0) is 16.1 Å². The smallest absolute Gasteiger partial charge is 0.278 e. The van der Waals surface area contributed by atoms with Crippen LogP contribution >= 0.6 is 15.9 Å². The number of hydrazone groups is 1. The number of hydrogen-bond donors (Lipinski definition) is 1. The Morgan fingerprint density at radius 2 is 1.97 bits per heavy atom. The number of carbonyl (C=O) groups excluding carboxylic acids is 1. The van der Waals surface area contributed by atoms with E-state index in [1.807, 2.05) is 19.9 Å². The number of amides is 1. The summed E-state index contributed by atoms with van der Waals surface area (Å²) in [5, 5.41) is 13.6. The molecule has 176 valence electrons. The standard InChI is InChI=1S/C25H26BrN5O3/c1-15-6-8-20(9-7-15)31-16(2)10-19(18(31)4)12-28-30-23(32)14-34-25-21(11-27)22(13-33-5)24(26)17(3)29-25/h6-10,12H,13-14H2,1-5H3,(H,30,32)/b28-12-. The maximum absolute atomic E-state index is 12.3. The summed E-state index contributed by atoms with van der Waals surface area (Å²) in [7, 11) is 1.54. The van der Waals surface area contributed by atoms with Crippen LogP contribution in [0, 0.1) is 39.0 Å². The number of nitrogens with one attached hydrogen (secondary N) is 1. The van der Waals surface area contributed by atoms with Gasteiger partial charge in [-0.05, 0) is 61.8 Å². The van der Waals surface area contributed by atoms with Crippen molar-refractivity contribution >= 4 is 28.1 Å². The largest absolute Gasteiger partial charge is 0.467 e. The lowest BCUT2D eigenvalue weighted by Gasteiger charge is -2.13. The monoisotopic (exact) mass is 523 g/mol. The molecule has 0 bridgehead atoms. The van der Waals surface area contributed by atoms with E-state index >= 15 is 0 Å². The van der Waals surface area contributed by atoms with Gasteiger partial charge in [-0.3, -0.25) is 4.79 Å². The molecule has 0 fully saturated rings. The van der Waals surface area contributed by atoms with Gasteiger partial charge in [0.05, 0.1) is 18.5 Å². The van der Waals surface area contributed by atoms with Crippen molar-refractivity contribution < 1.29 is 14.3 Å². The molecule has 0 aliphatic rings. The molecular formula is C25H26BrN5O3. The van der Waals surface area contributed by atoms with Gasteiger partial charge in [0.15, 0.2) is 6.61 Å². The summed E-state index contributed by atoms with van der Waals surface area (Å²) in [6.45, 7) is 7.72. The van der Waals surface area contributed by atoms with Crippen LogP contribution in [0.2, 0.25) is 0 Å². The average molecular weight is 524 g/mol. The van der Waals surface area contributed by atoms with Gasteiger partial charge in [-0.2, -0.15) is 10.4 Å². The van der Waals surface area contributed by atoms with E-state index in [2.05, 4.69) is 73.3 Å². The van der Waals surface area contributed by atoms with Crippen LogP contribution in [0.3, 0.4) is 0 Å². The van der Waals surface area contributed by atoms with E-state index in [1.54, 1.807) is 13.1 Å². The van der Waals surface area contributed by atoms with Crippen LogP contribution < -0.4 is 10.2 Å². The first-order chi connectivity index (χ1) is 16.3. The van der Waals surface area contributed by atoms with E-state index in [1.165, 1.54) is 12.7 Å². The molecule has 2 heterocycles. The minimum Gasteiger partial charge on any atom is -0.467 e. The predicted octanol–water partition coefficient (Wildman–Crippen LogP) is 4.42. The Balaban J connectivity index is 1.68. The van der Waals surface area contributed by atoms with Gasteiger partial charge in [0.2, 0.25) is 5.88 Å². The number of rotatable bonds is 8. The highest BCUT2D eigenvalue weighted by atomic mass is 79.9. The van der Waals surface area contributed by atoms with Crippen LogP contribution in [0.15, 0.2) is 39.9 Å². The van der Waals surface area contributed by atoms with Gasteiger partial charge in [0, 0.05) is 39.8 Å². The fourth-order valence-electron chi connectivity index (χ4n) is 3.56. The summed E-state index contributed by atoms with van der Waals surface area (Å²) < 4.78 is 13.5. The van der Waals surface area contributed by atoms with Gasteiger partial charge < -0.3 is 14.0 Å². The minimum atomic E-state index is -0.469. The molecule has 8 nitrogen and oxygen atoms in total. The third-order valence-electron chi connectivity index (χ3n) is 5.26. The summed E-state index contributed by atoms with van der Waals surface area (Å²) >= 11 is 3.42. The highest BCUT2D eigenvalue weighted by Gasteiger charge is 2.18. The highest BCUT2D eigenvalue weighted by molar-refractivity contribution is 9.10. The molecule has 0 radical (unpaired) electrons.